The Labute approximate surface area is 641 Å². The Morgan fingerprint density at radius 2 is 1.04 bits per heavy atom. The summed E-state index contributed by atoms with van der Waals surface area (Å²) >= 11 is 0. The van der Waals surface area contributed by atoms with Crippen molar-refractivity contribution in [1.29, 1.82) is 0 Å². The molecular weight excluding hydrogens is 1420 g/mol. The molecule has 29 heteroatoms. The van der Waals surface area contributed by atoms with Gasteiger partial charge >= 0.3 is 0 Å². The average molecular weight is 1530 g/mol. The molecule has 0 spiro atoms. The minimum Gasteiger partial charge on any atom is -0.493 e. The third kappa shape index (κ3) is 23.7. The molecule has 0 radical (unpaired) electrons. The van der Waals surface area contributed by atoms with Crippen LogP contribution in [0.4, 0.5) is 17.1 Å². The van der Waals surface area contributed by atoms with Crippen molar-refractivity contribution in [2.45, 2.75) is 123 Å². The van der Waals surface area contributed by atoms with Crippen LogP contribution >= 0.6 is 0 Å². The summed E-state index contributed by atoms with van der Waals surface area (Å²) in [6.07, 6.45) is 13.3. The van der Waals surface area contributed by atoms with Gasteiger partial charge in [-0.25, -0.2) is 0 Å². The average Bonchev–Trinajstić information content (AvgIpc) is 1.62. The number of ketones is 1. The third-order valence-corrected chi connectivity index (χ3v) is 19.3. The molecule has 1 saturated heterocycles. The fourth-order valence-corrected chi connectivity index (χ4v) is 13.1. The molecule has 4 aromatic carbocycles. The summed E-state index contributed by atoms with van der Waals surface area (Å²) in [7, 11) is 3.08. The molecule has 110 heavy (non-hydrogen) atoms. The molecule has 0 bridgehead atoms. The minimum absolute atomic E-state index is 0.0499. The standard InChI is InChI=1S/C81H104N8O21/c1-53(2)77(86-75(92)13-9-7-10-23-100-27-29-102-31-33-104-35-37-106-38-36-105-34-32-103-30-28-101-26-21-82-74(91)20-22-87-76(93)40-55(4)79(87)95)67(90)39-54(3)78(94)85-60-17-14-56(15-18-60)58-41-61-48-83-65-46-72(69(98-5)44-63(65)80(96)88(61)50-58)107-24-11-8-12-25-108-73-47-66-64(45-70(73)99-6)81(97)89-51-59(42-62(89)49-84-66)57-16-19-68-71(43-57)110-52-109-68/h14-19,43-51,53-55,61-62,77H,7-13,20-42,52H2,1-6H3,(H,82,91)(H,85,94)(H,86,92)/t54-,55?,61+,62+,77?/m1/s1. The third-order valence-electron chi connectivity index (χ3n) is 19.3. The van der Waals surface area contributed by atoms with E-state index in [1.807, 2.05) is 56.6 Å². The number of carbonyl (C=O) groups is 8. The van der Waals surface area contributed by atoms with E-state index in [9.17, 15) is 38.4 Å². The van der Waals surface area contributed by atoms with Gasteiger partial charge in [0, 0.05) is 113 Å². The lowest BCUT2D eigenvalue weighted by Gasteiger charge is -2.23. The van der Waals surface area contributed by atoms with Crippen molar-refractivity contribution in [1.82, 2.24) is 25.3 Å². The Kier molecular flexibility index (Phi) is 32.0. The highest BCUT2D eigenvalue weighted by Crippen LogP contribution is 2.43. The highest BCUT2D eigenvalue weighted by molar-refractivity contribution is 6.07. The molecule has 5 atom stereocenters. The molecule has 3 N–H and O–H groups in total. The van der Waals surface area contributed by atoms with Gasteiger partial charge in [-0.2, -0.15) is 0 Å². The minimum atomic E-state index is -0.734. The molecule has 0 aliphatic carbocycles. The van der Waals surface area contributed by atoms with E-state index in [1.54, 1.807) is 79.6 Å². The Balaban J connectivity index is 0.528. The summed E-state index contributed by atoms with van der Waals surface area (Å²) < 4.78 is 73.7. The zero-order valence-electron chi connectivity index (χ0n) is 63.9. The molecule has 594 valence electrons. The number of imide groups is 1. The summed E-state index contributed by atoms with van der Waals surface area (Å²) in [4.78, 5) is 118. The fourth-order valence-electron chi connectivity index (χ4n) is 13.1. The number of hydrogen-bond donors (Lipinski definition) is 3. The van der Waals surface area contributed by atoms with E-state index in [4.69, 9.17) is 71.6 Å². The van der Waals surface area contributed by atoms with E-state index < -0.39 is 12.0 Å². The molecule has 4 aromatic rings. The second-order valence-electron chi connectivity index (χ2n) is 27.8. The molecule has 7 amide bonds. The highest BCUT2D eigenvalue weighted by atomic mass is 16.7. The van der Waals surface area contributed by atoms with Gasteiger partial charge in [0.05, 0.1) is 154 Å². The SMILES string of the molecule is COc1cc2c(cc1OCCCCCOc1cc3c(cc1OC)C(=O)N1C=C(c4ccc5c(c4)OCO5)C[C@H]1C=N3)N=C[C@@H]1CC(c3ccc(NC(=O)[C@H](C)CC(=O)C(NC(=O)CCCCCOCCOCCOCCOCCOCCOCCOCCNC(=O)CCN4C(=O)CC(C)C4=O)C(C)C)cc3)=CN1C2=O. The number of nitrogens with zero attached hydrogens (tertiary/aromatic N) is 5. The Hall–Kier alpha value is -9.62. The maximum absolute atomic E-state index is 14.2. The van der Waals surface area contributed by atoms with Crippen molar-refractivity contribution in [3.63, 3.8) is 0 Å². The van der Waals surface area contributed by atoms with Crippen molar-refractivity contribution in [3.05, 3.63) is 101 Å². The number of ether oxygens (including phenoxy) is 13. The van der Waals surface area contributed by atoms with E-state index >= 15 is 0 Å². The van der Waals surface area contributed by atoms with E-state index in [-0.39, 0.29) is 110 Å². The van der Waals surface area contributed by atoms with Crippen molar-refractivity contribution in [3.8, 4) is 34.5 Å². The van der Waals surface area contributed by atoms with Crippen LogP contribution in [-0.2, 0) is 61.9 Å². The van der Waals surface area contributed by atoms with Crippen LogP contribution in [0.2, 0.25) is 0 Å². The quantitative estimate of drug-likeness (QED) is 0.0274. The van der Waals surface area contributed by atoms with Crippen LogP contribution in [0.15, 0.2) is 89.1 Å². The topological polar surface area (TPSA) is 327 Å². The molecule has 6 aliphatic heterocycles. The summed E-state index contributed by atoms with van der Waals surface area (Å²) in [5, 5.41) is 8.56. The molecule has 29 nitrogen and oxygen atoms in total. The lowest BCUT2D eigenvalue weighted by atomic mass is 9.92. The number of amides is 7. The van der Waals surface area contributed by atoms with Crippen LogP contribution in [0.1, 0.15) is 137 Å². The van der Waals surface area contributed by atoms with Gasteiger partial charge < -0.3 is 87.3 Å². The number of methoxy groups -OCH3 is 2. The lowest BCUT2D eigenvalue weighted by molar-refractivity contribution is -0.139. The van der Waals surface area contributed by atoms with Gasteiger partial charge in [0.1, 0.15) is 0 Å². The van der Waals surface area contributed by atoms with E-state index in [2.05, 4.69) is 16.0 Å². The van der Waals surface area contributed by atoms with Crippen molar-refractivity contribution < 1.29 is 99.9 Å². The van der Waals surface area contributed by atoms with Crippen molar-refractivity contribution >= 4 is 87.8 Å². The number of unbranched alkanes of at least 4 members (excludes halogenated alkanes) is 4. The monoisotopic (exact) mass is 1520 g/mol. The number of Topliss-reactive ketones (excluding diaryl/α,β-unsaturated/α-hetero) is 1. The zero-order valence-corrected chi connectivity index (χ0v) is 63.9. The van der Waals surface area contributed by atoms with Crippen LogP contribution in [0, 0.1) is 17.8 Å². The molecule has 6 aliphatic rings. The van der Waals surface area contributed by atoms with Crippen molar-refractivity contribution in [2.24, 2.45) is 27.7 Å². The van der Waals surface area contributed by atoms with Crippen LogP contribution in [0.3, 0.4) is 0 Å². The largest absolute Gasteiger partial charge is 0.493 e. The van der Waals surface area contributed by atoms with Crippen LogP contribution in [0.25, 0.3) is 11.1 Å². The Morgan fingerprint density at radius 1 is 0.536 bits per heavy atom. The van der Waals surface area contributed by atoms with Gasteiger partial charge in [0.2, 0.25) is 36.3 Å². The lowest BCUT2D eigenvalue weighted by Crippen LogP contribution is -2.45. The highest BCUT2D eigenvalue weighted by Gasteiger charge is 2.38. The van der Waals surface area contributed by atoms with Gasteiger partial charge in [-0.15, -0.1) is 0 Å². The molecule has 0 saturated carbocycles. The van der Waals surface area contributed by atoms with Crippen LogP contribution in [0.5, 0.6) is 34.5 Å². The Morgan fingerprint density at radius 3 is 1.56 bits per heavy atom. The van der Waals surface area contributed by atoms with Gasteiger partial charge in [-0.05, 0) is 96.7 Å². The smallest absolute Gasteiger partial charge is 0.260 e. The second kappa shape index (κ2) is 42.5. The molecular formula is C81H104N8O21. The van der Waals surface area contributed by atoms with Gasteiger partial charge in [0.15, 0.2) is 40.3 Å². The maximum Gasteiger partial charge on any atom is 0.260 e. The first-order chi connectivity index (χ1) is 53.5. The summed E-state index contributed by atoms with van der Waals surface area (Å²) in [5.74, 6) is 0.155. The normalized spacial score (nSPS) is 17.3. The number of likely N-dealkylation sites (tertiary alicyclic amines) is 1. The first kappa shape index (κ1) is 82.9. The van der Waals surface area contributed by atoms with Gasteiger partial charge in [-0.1, -0.05) is 52.3 Å². The molecule has 1 fully saturated rings. The summed E-state index contributed by atoms with van der Waals surface area (Å²) in [6.45, 7) is 14.3. The fraction of sp³-hybridized carbons (Fsp3) is 0.531. The number of anilines is 1. The number of hydrogen-bond acceptors (Lipinski definition) is 23. The molecule has 0 aromatic heterocycles. The summed E-state index contributed by atoms with van der Waals surface area (Å²) in [6, 6.07) is 18.7. The Bertz CT molecular complexity index is 3950. The maximum atomic E-state index is 14.2. The number of rotatable bonds is 49. The van der Waals surface area contributed by atoms with E-state index in [0.717, 1.165) is 46.4 Å². The number of aliphatic imine (C=N–C) groups is 2. The second-order valence-corrected chi connectivity index (χ2v) is 27.8. The number of benzene rings is 4. The zero-order chi connectivity index (χ0) is 77.7. The van der Waals surface area contributed by atoms with Crippen LogP contribution in [-0.4, -0.2) is 232 Å². The van der Waals surface area contributed by atoms with Gasteiger partial charge in [-0.3, -0.25) is 53.2 Å². The van der Waals surface area contributed by atoms with Gasteiger partial charge in [0.25, 0.3) is 11.8 Å². The number of nitrogens with one attached hydrogen (secondary N) is 3. The van der Waals surface area contributed by atoms with E-state index in [1.165, 1.54) is 7.11 Å². The van der Waals surface area contributed by atoms with Crippen molar-refractivity contribution in [2.75, 3.05) is 145 Å². The number of fused-ring (bicyclic) bond motifs is 5. The predicted octanol–water partition coefficient (Wildman–Crippen LogP) is 9.26. The predicted molar refractivity (Wildman–Crippen MR) is 408 cm³/mol. The number of carbonyl (C=O) groups excluding carboxylic acids is 8. The first-order valence-electron chi connectivity index (χ1n) is 38.1. The molecule has 6 heterocycles. The van der Waals surface area contributed by atoms with Crippen LogP contribution < -0.4 is 44.4 Å². The molecule has 2 unspecified atom stereocenters. The van der Waals surface area contributed by atoms with E-state index in [0.29, 0.717) is 207 Å². The summed E-state index contributed by atoms with van der Waals surface area (Å²) in [5.41, 5.74) is 6.07. The molecule has 10 rings (SSSR count). The first-order valence-corrected chi connectivity index (χ1v) is 38.1.